The number of methoxy groups -OCH3 is 1. The molecular weight excluding hydrogens is 207 g/mol. The van der Waals surface area contributed by atoms with Crippen molar-refractivity contribution in [1.29, 1.82) is 0 Å². The summed E-state index contributed by atoms with van der Waals surface area (Å²) in [5.41, 5.74) is 0.412. The monoisotopic (exact) mass is 222 g/mol. The molecule has 1 fully saturated rings. The molecule has 0 atom stereocenters. The molecule has 2 N–H and O–H groups in total. The van der Waals surface area contributed by atoms with E-state index in [4.69, 9.17) is 19.5 Å². The fourth-order valence-corrected chi connectivity index (χ4v) is 1.61. The van der Waals surface area contributed by atoms with Crippen molar-refractivity contribution in [3.8, 4) is 11.5 Å². The van der Waals surface area contributed by atoms with Gasteiger partial charge in [0.25, 0.3) is 0 Å². The van der Waals surface area contributed by atoms with Crippen molar-refractivity contribution in [1.82, 2.24) is 0 Å². The summed E-state index contributed by atoms with van der Waals surface area (Å²) in [6.07, 6.45) is 3.53. The molecule has 16 heavy (non-hydrogen) atoms. The lowest BCUT2D eigenvalue weighted by Gasteiger charge is -2.27. The van der Waals surface area contributed by atoms with Gasteiger partial charge in [0.05, 0.1) is 13.2 Å². The van der Waals surface area contributed by atoms with Crippen LogP contribution in [0.3, 0.4) is 0 Å². The molecule has 0 aromatic heterocycles. The Morgan fingerprint density at radius 3 is 2.50 bits per heavy atom. The van der Waals surface area contributed by atoms with Crippen molar-refractivity contribution in [2.75, 3.05) is 7.11 Å². The molecule has 1 aliphatic rings. The SMILES string of the molecule is COc1ccc(B(O)O)cc1OC1CCC1. The van der Waals surface area contributed by atoms with E-state index in [1.807, 2.05) is 0 Å². The average molecular weight is 222 g/mol. The van der Waals surface area contributed by atoms with Gasteiger partial charge >= 0.3 is 7.12 Å². The van der Waals surface area contributed by atoms with Crippen LogP contribution in [0.25, 0.3) is 0 Å². The number of hydrogen-bond acceptors (Lipinski definition) is 4. The second-order valence-electron chi connectivity index (χ2n) is 3.95. The molecule has 1 aromatic carbocycles. The molecule has 2 rings (SSSR count). The third kappa shape index (κ3) is 2.31. The Balaban J connectivity index is 2.20. The van der Waals surface area contributed by atoms with E-state index in [0.717, 1.165) is 12.8 Å². The van der Waals surface area contributed by atoms with Gasteiger partial charge in [-0.3, -0.25) is 0 Å². The highest BCUT2D eigenvalue weighted by Gasteiger charge is 2.22. The largest absolute Gasteiger partial charge is 0.493 e. The molecule has 4 nitrogen and oxygen atoms in total. The third-order valence-corrected chi connectivity index (χ3v) is 2.83. The molecular formula is C11H15BO4. The number of ether oxygens (including phenoxy) is 2. The maximum absolute atomic E-state index is 9.08. The first-order valence-electron chi connectivity index (χ1n) is 5.41. The van der Waals surface area contributed by atoms with E-state index in [2.05, 4.69) is 0 Å². The Morgan fingerprint density at radius 1 is 1.25 bits per heavy atom. The zero-order chi connectivity index (χ0) is 11.5. The van der Waals surface area contributed by atoms with Gasteiger partial charge in [0.2, 0.25) is 0 Å². The molecule has 0 heterocycles. The number of benzene rings is 1. The van der Waals surface area contributed by atoms with E-state index in [0.29, 0.717) is 17.0 Å². The number of rotatable bonds is 4. The highest BCUT2D eigenvalue weighted by molar-refractivity contribution is 6.58. The third-order valence-electron chi connectivity index (χ3n) is 2.83. The first-order valence-corrected chi connectivity index (χ1v) is 5.41. The minimum Gasteiger partial charge on any atom is -0.493 e. The molecule has 0 saturated heterocycles. The lowest BCUT2D eigenvalue weighted by atomic mass is 9.80. The zero-order valence-corrected chi connectivity index (χ0v) is 9.22. The van der Waals surface area contributed by atoms with Gasteiger partial charge in [-0.1, -0.05) is 6.07 Å². The van der Waals surface area contributed by atoms with Crippen molar-refractivity contribution in [2.45, 2.75) is 25.4 Å². The van der Waals surface area contributed by atoms with Crippen LogP contribution in [0.1, 0.15) is 19.3 Å². The van der Waals surface area contributed by atoms with Crippen molar-refractivity contribution in [3.63, 3.8) is 0 Å². The van der Waals surface area contributed by atoms with Crippen LogP contribution in [-0.4, -0.2) is 30.4 Å². The van der Waals surface area contributed by atoms with Gasteiger partial charge in [0.15, 0.2) is 11.5 Å². The Kier molecular flexibility index (Phi) is 3.36. The predicted molar refractivity (Wildman–Crippen MR) is 61.1 cm³/mol. The van der Waals surface area contributed by atoms with E-state index in [-0.39, 0.29) is 6.10 Å². The van der Waals surface area contributed by atoms with Gasteiger partial charge in [0.1, 0.15) is 0 Å². The quantitative estimate of drug-likeness (QED) is 0.719. The smallest absolute Gasteiger partial charge is 0.488 e. The van der Waals surface area contributed by atoms with Crippen molar-refractivity contribution < 1.29 is 19.5 Å². The van der Waals surface area contributed by atoms with Gasteiger partial charge in [-0.05, 0) is 36.9 Å². The summed E-state index contributed by atoms with van der Waals surface area (Å²) in [5.74, 6) is 1.20. The normalized spacial score (nSPS) is 15.4. The van der Waals surface area contributed by atoms with Crippen LogP contribution in [0, 0.1) is 0 Å². The standard InChI is InChI=1S/C11H15BO4/c1-15-10-6-5-8(12(13)14)7-11(10)16-9-3-2-4-9/h5-7,9,13-14H,2-4H2,1H3. The summed E-state index contributed by atoms with van der Waals surface area (Å²) in [7, 11) is 0.0903. The molecule has 0 amide bonds. The summed E-state index contributed by atoms with van der Waals surface area (Å²) < 4.78 is 10.9. The second kappa shape index (κ2) is 4.76. The van der Waals surface area contributed by atoms with E-state index in [9.17, 15) is 0 Å². The van der Waals surface area contributed by atoms with Crippen molar-refractivity contribution in [3.05, 3.63) is 18.2 Å². The van der Waals surface area contributed by atoms with Gasteiger partial charge in [-0.15, -0.1) is 0 Å². The molecule has 5 heteroatoms. The molecule has 0 bridgehead atoms. The van der Waals surface area contributed by atoms with Crippen LogP contribution in [0.4, 0.5) is 0 Å². The molecule has 0 aliphatic heterocycles. The van der Waals surface area contributed by atoms with Gasteiger partial charge in [-0.2, -0.15) is 0 Å². The maximum Gasteiger partial charge on any atom is 0.488 e. The molecule has 0 spiro atoms. The van der Waals surface area contributed by atoms with E-state index < -0.39 is 7.12 Å². The van der Waals surface area contributed by atoms with Gasteiger partial charge in [-0.25, -0.2) is 0 Å². The lowest BCUT2D eigenvalue weighted by Crippen LogP contribution is -2.31. The topological polar surface area (TPSA) is 58.9 Å². The molecule has 0 radical (unpaired) electrons. The highest BCUT2D eigenvalue weighted by Crippen LogP contribution is 2.31. The van der Waals surface area contributed by atoms with Gasteiger partial charge < -0.3 is 19.5 Å². The Labute approximate surface area is 95.0 Å². The summed E-state index contributed by atoms with van der Waals surface area (Å²) >= 11 is 0. The van der Waals surface area contributed by atoms with Crippen LogP contribution in [0.5, 0.6) is 11.5 Å². The molecule has 1 aliphatic carbocycles. The average Bonchev–Trinajstić information content (AvgIpc) is 2.23. The fourth-order valence-electron chi connectivity index (χ4n) is 1.61. The predicted octanol–water partition coefficient (Wildman–Crippen LogP) is 0.306. The summed E-state index contributed by atoms with van der Waals surface area (Å²) in [6, 6.07) is 4.90. The van der Waals surface area contributed by atoms with Crippen LogP contribution < -0.4 is 14.9 Å². The zero-order valence-electron chi connectivity index (χ0n) is 9.22. The maximum atomic E-state index is 9.08. The minimum absolute atomic E-state index is 0.236. The Hall–Kier alpha value is -1.20. The van der Waals surface area contributed by atoms with Crippen molar-refractivity contribution in [2.24, 2.45) is 0 Å². The van der Waals surface area contributed by atoms with Crippen LogP contribution in [0.2, 0.25) is 0 Å². The van der Waals surface area contributed by atoms with E-state index in [1.54, 1.807) is 25.3 Å². The van der Waals surface area contributed by atoms with E-state index >= 15 is 0 Å². The fraction of sp³-hybridized carbons (Fsp3) is 0.455. The molecule has 1 saturated carbocycles. The van der Waals surface area contributed by atoms with E-state index in [1.165, 1.54) is 6.42 Å². The summed E-state index contributed by atoms with van der Waals surface area (Å²) in [4.78, 5) is 0. The second-order valence-corrected chi connectivity index (χ2v) is 3.95. The molecule has 1 aromatic rings. The Morgan fingerprint density at radius 2 is 2.00 bits per heavy atom. The first-order chi connectivity index (χ1) is 7.70. The summed E-state index contributed by atoms with van der Waals surface area (Å²) in [6.45, 7) is 0. The van der Waals surface area contributed by atoms with Crippen LogP contribution in [-0.2, 0) is 0 Å². The lowest BCUT2D eigenvalue weighted by molar-refractivity contribution is 0.116. The van der Waals surface area contributed by atoms with Crippen molar-refractivity contribution >= 4 is 12.6 Å². The summed E-state index contributed by atoms with van der Waals surface area (Å²) in [5, 5.41) is 18.2. The van der Waals surface area contributed by atoms with Gasteiger partial charge in [0, 0.05) is 0 Å². The molecule has 0 unspecified atom stereocenters. The minimum atomic E-state index is -1.48. The molecule has 86 valence electrons. The van der Waals surface area contributed by atoms with Crippen LogP contribution >= 0.6 is 0 Å². The Bertz CT molecular complexity index is 363. The number of hydrogen-bond donors (Lipinski definition) is 2. The van der Waals surface area contributed by atoms with Crippen LogP contribution in [0.15, 0.2) is 18.2 Å². The highest BCUT2D eigenvalue weighted by atomic mass is 16.5. The first kappa shape index (κ1) is 11.3.